The Balaban J connectivity index is 2.24. The lowest BCUT2D eigenvalue weighted by Gasteiger charge is -2.06. The third-order valence-electron chi connectivity index (χ3n) is 3.27. The minimum absolute atomic E-state index is 0.0129. The van der Waals surface area contributed by atoms with Crippen molar-refractivity contribution in [2.75, 3.05) is 18.5 Å². The number of carbonyl (C=O) groups is 2. The number of anilines is 1. The topological polar surface area (TPSA) is 108 Å². The molecule has 8 heteroatoms. The van der Waals surface area contributed by atoms with Crippen LogP contribution in [0.25, 0.3) is 0 Å². The Labute approximate surface area is 151 Å². The zero-order valence-corrected chi connectivity index (χ0v) is 14.8. The SMILES string of the molecule is CCOC(=O)/C=C(\N)Nc1nn(Cc2ccccc2)cc1C(=O)OCC. The molecule has 0 radical (unpaired) electrons. The van der Waals surface area contributed by atoms with E-state index < -0.39 is 11.9 Å². The van der Waals surface area contributed by atoms with Crippen molar-refractivity contribution in [2.45, 2.75) is 20.4 Å². The lowest BCUT2D eigenvalue weighted by molar-refractivity contribution is -0.137. The zero-order chi connectivity index (χ0) is 18.9. The third kappa shape index (κ3) is 5.37. The fourth-order valence-electron chi connectivity index (χ4n) is 2.21. The van der Waals surface area contributed by atoms with Crippen LogP contribution >= 0.6 is 0 Å². The smallest absolute Gasteiger partial charge is 0.343 e. The fourth-order valence-corrected chi connectivity index (χ4v) is 2.21. The van der Waals surface area contributed by atoms with Crippen LogP contribution in [0.2, 0.25) is 0 Å². The van der Waals surface area contributed by atoms with Crippen LogP contribution in [0.1, 0.15) is 29.8 Å². The lowest BCUT2D eigenvalue weighted by Crippen LogP contribution is -2.15. The van der Waals surface area contributed by atoms with Crippen molar-refractivity contribution in [1.82, 2.24) is 9.78 Å². The average Bonchev–Trinajstić information content (AvgIpc) is 2.98. The number of nitrogens with zero attached hydrogens (tertiary/aromatic N) is 2. The van der Waals surface area contributed by atoms with E-state index in [-0.39, 0.29) is 30.4 Å². The largest absolute Gasteiger partial charge is 0.463 e. The van der Waals surface area contributed by atoms with E-state index in [4.69, 9.17) is 15.2 Å². The molecule has 0 saturated carbocycles. The van der Waals surface area contributed by atoms with Crippen LogP contribution in [-0.2, 0) is 20.8 Å². The Hall–Kier alpha value is -3.29. The van der Waals surface area contributed by atoms with Gasteiger partial charge in [-0.2, -0.15) is 5.10 Å². The van der Waals surface area contributed by atoms with E-state index in [9.17, 15) is 9.59 Å². The van der Waals surface area contributed by atoms with Gasteiger partial charge in [0.25, 0.3) is 0 Å². The van der Waals surface area contributed by atoms with Crippen molar-refractivity contribution in [3.8, 4) is 0 Å². The predicted molar refractivity (Wildman–Crippen MR) is 96.3 cm³/mol. The number of esters is 2. The number of carbonyl (C=O) groups excluding carboxylic acids is 2. The Morgan fingerprint density at radius 1 is 1.19 bits per heavy atom. The molecule has 2 aromatic rings. The molecule has 26 heavy (non-hydrogen) atoms. The lowest BCUT2D eigenvalue weighted by atomic mass is 10.2. The van der Waals surface area contributed by atoms with Gasteiger partial charge in [-0.1, -0.05) is 30.3 Å². The first-order valence-electron chi connectivity index (χ1n) is 8.23. The monoisotopic (exact) mass is 358 g/mol. The van der Waals surface area contributed by atoms with Gasteiger partial charge >= 0.3 is 11.9 Å². The van der Waals surface area contributed by atoms with E-state index in [1.165, 1.54) is 0 Å². The molecule has 0 bridgehead atoms. The first-order chi connectivity index (χ1) is 12.5. The van der Waals surface area contributed by atoms with E-state index in [0.717, 1.165) is 11.6 Å². The van der Waals surface area contributed by atoms with Crippen LogP contribution < -0.4 is 11.1 Å². The second kappa shape index (κ2) is 9.26. The van der Waals surface area contributed by atoms with Crippen LogP contribution in [0.3, 0.4) is 0 Å². The average molecular weight is 358 g/mol. The van der Waals surface area contributed by atoms with E-state index in [2.05, 4.69) is 10.4 Å². The summed E-state index contributed by atoms with van der Waals surface area (Å²) in [5.74, 6) is -0.895. The summed E-state index contributed by atoms with van der Waals surface area (Å²) in [4.78, 5) is 23.6. The molecule has 2 rings (SSSR count). The molecule has 3 N–H and O–H groups in total. The van der Waals surface area contributed by atoms with Crippen molar-refractivity contribution in [1.29, 1.82) is 0 Å². The molecule has 0 amide bonds. The molecule has 0 atom stereocenters. The van der Waals surface area contributed by atoms with Crippen molar-refractivity contribution < 1.29 is 19.1 Å². The summed E-state index contributed by atoms with van der Waals surface area (Å²) in [5.41, 5.74) is 7.03. The van der Waals surface area contributed by atoms with Crippen molar-refractivity contribution >= 4 is 17.8 Å². The van der Waals surface area contributed by atoms with E-state index in [0.29, 0.717) is 6.54 Å². The summed E-state index contributed by atoms with van der Waals surface area (Å²) >= 11 is 0. The maximum Gasteiger partial charge on any atom is 0.343 e. The predicted octanol–water partition coefficient (Wildman–Crippen LogP) is 1.88. The number of aromatic nitrogens is 2. The minimum Gasteiger partial charge on any atom is -0.463 e. The molecule has 0 spiro atoms. The number of nitrogens with two attached hydrogens (primary N) is 1. The highest BCUT2D eigenvalue weighted by Gasteiger charge is 2.18. The highest BCUT2D eigenvalue weighted by Crippen LogP contribution is 2.17. The number of ether oxygens (including phenoxy) is 2. The molecule has 0 aliphatic carbocycles. The van der Waals surface area contributed by atoms with Crippen LogP contribution in [0, 0.1) is 0 Å². The van der Waals surface area contributed by atoms with Crippen LogP contribution in [0.15, 0.2) is 48.4 Å². The molecule has 138 valence electrons. The number of hydrogen-bond donors (Lipinski definition) is 2. The normalized spacial score (nSPS) is 11.1. The Kier molecular flexibility index (Phi) is 6.78. The summed E-state index contributed by atoms with van der Waals surface area (Å²) in [6.45, 7) is 4.35. The van der Waals surface area contributed by atoms with E-state index >= 15 is 0 Å². The van der Waals surface area contributed by atoms with Crippen LogP contribution in [0.5, 0.6) is 0 Å². The van der Waals surface area contributed by atoms with Gasteiger partial charge in [0.05, 0.1) is 25.8 Å². The fraction of sp³-hybridized carbons (Fsp3) is 0.278. The highest BCUT2D eigenvalue weighted by molar-refractivity contribution is 5.95. The molecule has 1 heterocycles. The molecular weight excluding hydrogens is 336 g/mol. The molecule has 0 unspecified atom stereocenters. The molecule has 0 aliphatic heterocycles. The summed E-state index contributed by atoms with van der Waals surface area (Å²) in [7, 11) is 0. The Morgan fingerprint density at radius 2 is 1.88 bits per heavy atom. The highest BCUT2D eigenvalue weighted by atomic mass is 16.5. The summed E-state index contributed by atoms with van der Waals surface area (Å²) in [6, 6.07) is 9.67. The number of nitrogens with one attached hydrogen (secondary N) is 1. The quantitative estimate of drug-likeness (QED) is 0.548. The standard InChI is InChI=1S/C18H22N4O4/c1-3-25-16(23)10-15(19)20-17-14(18(24)26-4-2)12-22(21-17)11-13-8-6-5-7-9-13/h5-10,12H,3-4,11,19H2,1-2H3,(H,20,21)/b15-10+. The van der Waals surface area contributed by atoms with Gasteiger partial charge in [0.2, 0.25) is 0 Å². The third-order valence-corrected chi connectivity index (χ3v) is 3.27. The van der Waals surface area contributed by atoms with Gasteiger partial charge < -0.3 is 20.5 Å². The molecular formula is C18H22N4O4. The van der Waals surface area contributed by atoms with Gasteiger partial charge in [0.1, 0.15) is 11.4 Å². The number of hydrogen-bond acceptors (Lipinski definition) is 7. The van der Waals surface area contributed by atoms with Crippen molar-refractivity contribution in [2.24, 2.45) is 5.73 Å². The zero-order valence-electron chi connectivity index (χ0n) is 14.8. The minimum atomic E-state index is -0.584. The Morgan fingerprint density at radius 3 is 2.54 bits per heavy atom. The molecule has 0 aliphatic rings. The van der Waals surface area contributed by atoms with Gasteiger partial charge in [0.15, 0.2) is 5.82 Å². The van der Waals surface area contributed by atoms with Gasteiger partial charge in [0, 0.05) is 6.20 Å². The maximum absolute atomic E-state index is 12.2. The second-order valence-electron chi connectivity index (χ2n) is 5.27. The molecule has 0 saturated heterocycles. The van der Waals surface area contributed by atoms with Gasteiger partial charge in [-0.05, 0) is 19.4 Å². The summed E-state index contributed by atoms with van der Waals surface area (Å²) in [5, 5.41) is 7.08. The first kappa shape index (κ1) is 19.0. The number of rotatable bonds is 8. The van der Waals surface area contributed by atoms with Gasteiger partial charge in [-0.15, -0.1) is 0 Å². The van der Waals surface area contributed by atoms with Crippen LogP contribution in [0.4, 0.5) is 5.82 Å². The van der Waals surface area contributed by atoms with Crippen LogP contribution in [-0.4, -0.2) is 34.9 Å². The molecule has 8 nitrogen and oxygen atoms in total. The molecule has 1 aromatic heterocycles. The Bertz CT molecular complexity index is 784. The van der Waals surface area contributed by atoms with Crippen molar-refractivity contribution in [3.63, 3.8) is 0 Å². The van der Waals surface area contributed by atoms with Gasteiger partial charge in [-0.3, -0.25) is 4.68 Å². The van der Waals surface area contributed by atoms with E-state index in [1.54, 1.807) is 24.7 Å². The first-order valence-corrected chi connectivity index (χ1v) is 8.23. The molecule has 1 aromatic carbocycles. The molecule has 0 fully saturated rings. The number of benzene rings is 1. The van der Waals surface area contributed by atoms with Crippen molar-refractivity contribution in [3.05, 3.63) is 59.6 Å². The summed E-state index contributed by atoms with van der Waals surface area (Å²) in [6.07, 6.45) is 2.67. The summed E-state index contributed by atoms with van der Waals surface area (Å²) < 4.78 is 11.4. The van der Waals surface area contributed by atoms with E-state index in [1.807, 2.05) is 30.3 Å². The second-order valence-corrected chi connectivity index (χ2v) is 5.27. The van der Waals surface area contributed by atoms with Gasteiger partial charge in [-0.25, -0.2) is 9.59 Å². The maximum atomic E-state index is 12.2.